The topological polar surface area (TPSA) is 57.1 Å². The van der Waals surface area contributed by atoms with Gasteiger partial charge in [-0.1, -0.05) is 0 Å². The molecule has 1 aliphatic carbocycles. The van der Waals surface area contributed by atoms with Gasteiger partial charge in [0.15, 0.2) is 0 Å². The smallest absolute Gasteiger partial charge is 0.303 e. The van der Waals surface area contributed by atoms with Gasteiger partial charge >= 0.3 is 5.97 Å². The lowest BCUT2D eigenvalue weighted by molar-refractivity contribution is -0.144. The van der Waals surface area contributed by atoms with Crippen molar-refractivity contribution in [3.05, 3.63) is 24.7 Å². The summed E-state index contributed by atoms with van der Waals surface area (Å²) >= 11 is 0. The minimum atomic E-state index is -0.382. The number of nitrogens with zero attached hydrogens (tertiary/aromatic N) is 1. The second-order valence-corrected chi connectivity index (χ2v) is 6.59. The molecular weight excluding hydrogens is 282 g/mol. The van der Waals surface area contributed by atoms with Crippen LogP contribution in [0.15, 0.2) is 29.7 Å². The zero-order valence-corrected chi connectivity index (χ0v) is 12.7. The molecule has 4 atom stereocenters. The maximum absolute atomic E-state index is 11.4. The highest BCUT2D eigenvalue weighted by atomic mass is 16.5. The third-order valence-electron chi connectivity index (χ3n) is 5.33. The largest absolute Gasteiger partial charge is 0.473 e. The van der Waals surface area contributed by atoms with Gasteiger partial charge in [0.2, 0.25) is 0 Å². The summed E-state index contributed by atoms with van der Waals surface area (Å²) in [5, 5.41) is 0. The molecule has 0 amide bonds. The lowest BCUT2D eigenvalue weighted by Gasteiger charge is -2.43. The number of hydrogen-bond acceptors (Lipinski definition) is 5. The van der Waals surface area contributed by atoms with Crippen LogP contribution < -0.4 is 0 Å². The van der Waals surface area contributed by atoms with E-state index in [4.69, 9.17) is 19.2 Å². The van der Waals surface area contributed by atoms with Crippen molar-refractivity contribution >= 4 is 11.7 Å². The molecule has 3 heterocycles. The van der Waals surface area contributed by atoms with Crippen LogP contribution in [-0.4, -0.2) is 36.5 Å². The number of esters is 1. The van der Waals surface area contributed by atoms with Gasteiger partial charge in [-0.3, -0.25) is 9.79 Å². The molecule has 1 spiro atoms. The predicted octanol–water partition coefficient (Wildman–Crippen LogP) is 2.23. The monoisotopic (exact) mass is 303 g/mol. The molecule has 4 aliphatic rings. The van der Waals surface area contributed by atoms with Crippen LogP contribution in [-0.2, 0) is 19.0 Å². The molecule has 0 aromatic rings. The van der Waals surface area contributed by atoms with Gasteiger partial charge in [-0.2, -0.15) is 0 Å². The van der Waals surface area contributed by atoms with E-state index in [9.17, 15) is 4.79 Å². The normalized spacial score (nSPS) is 38.0. The SMILES string of the molecule is CC(=O)OC1CCCC2C1=NCC1COC3(C=COC=C3)C12. The Morgan fingerprint density at radius 1 is 1.36 bits per heavy atom. The van der Waals surface area contributed by atoms with Gasteiger partial charge < -0.3 is 14.2 Å². The standard InChI is InChI=1S/C17H21NO4/c1-11(19)22-14-4-2-3-13-15-12(9-18-16(13)14)10-21-17(15)5-7-20-8-6-17/h5-8,12-15H,2-4,9-10H2,1H3. The van der Waals surface area contributed by atoms with Gasteiger partial charge in [-0.15, -0.1) is 0 Å². The zero-order valence-electron chi connectivity index (χ0n) is 12.7. The molecule has 1 saturated heterocycles. The third-order valence-corrected chi connectivity index (χ3v) is 5.33. The predicted molar refractivity (Wildman–Crippen MR) is 80.2 cm³/mol. The van der Waals surface area contributed by atoms with E-state index in [0.29, 0.717) is 17.8 Å². The highest BCUT2D eigenvalue weighted by Crippen LogP contribution is 2.50. The average molecular weight is 303 g/mol. The van der Waals surface area contributed by atoms with Crippen LogP contribution in [0.25, 0.3) is 0 Å². The average Bonchev–Trinajstić information content (AvgIpc) is 2.87. The molecule has 22 heavy (non-hydrogen) atoms. The first-order chi connectivity index (χ1) is 10.7. The van der Waals surface area contributed by atoms with E-state index in [1.807, 2.05) is 12.2 Å². The summed E-state index contributed by atoms with van der Waals surface area (Å²) < 4.78 is 16.9. The van der Waals surface area contributed by atoms with Gasteiger partial charge in [0.25, 0.3) is 0 Å². The fourth-order valence-electron chi connectivity index (χ4n) is 4.52. The minimum absolute atomic E-state index is 0.150. The highest BCUT2D eigenvalue weighted by Gasteiger charge is 2.55. The number of fused-ring (bicyclic) bond motifs is 4. The molecule has 0 bridgehead atoms. The zero-order chi connectivity index (χ0) is 15.2. The second-order valence-electron chi connectivity index (χ2n) is 6.59. The molecular formula is C17H21NO4. The first-order valence-electron chi connectivity index (χ1n) is 8.06. The van der Waals surface area contributed by atoms with Crippen LogP contribution in [0, 0.1) is 17.8 Å². The Labute approximate surface area is 130 Å². The van der Waals surface area contributed by atoms with Crippen molar-refractivity contribution in [2.24, 2.45) is 22.7 Å². The first kappa shape index (κ1) is 14.0. The molecule has 118 valence electrons. The summed E-state index contributed by atoms with van der Waals surface area (Å²) in [7, 11) is 0. The molecule has 0 N–H and O–H groups in total. The molecule has 1 saturated carbocycles. The Kier molecular flexibility index (Phi) is 3.33. The van der Waals surface area contributed by atoms with Crippen molar-refractivity contribution < 1.29 is 19.0 Å². The Morgan fingerprint density at radius 2 is 2.18 bits per heavy atom. The Bertz CT molecular complexity index is 553. The van der Waals surface area contributed by atoms with Crippen molar-refractivity contribution in [2.75, 3.05) is 13.2 Å². The fourth-order valence-corrected chi connectivity index (χ4v) is 4.52. The van der Waals surface area contributed by atoms with Crippen LogP contribution in [0.4, 0.5) is 0 Å². The first-order valence-corrected chi connectivity index (χ1v) is 8.06. The quantitative estimate of drug-likeness (QED) is 0.697. The Morgan fingerprint density at radius 3 is 2.95 bits per heavy atom. The summed E-state index contributed by atoms with van der Waals surface area (Å²) in [6.07, 6.45) is 10.3. The molecule has 4 rings (SSSR count). The number of carbonyl (C=O) groups is 1. The summed E-state index contributed by atoms with van der Waals surface area (Å²) in [5.74, 6) is 0.887. The van der Waals surface area contributed by atoms with Crippen LogP contribution in [0.3, 0.4) is 0 Å². The lowest BCUT2D eigenvalue weighted by Crippen LogP contribution is -2.50. The summed E-state index contributed by atoms with van der Waals surface area (Å²) in [4.78, 5) is 16.2. The molecule has 5 heteroatoms. The van der Waals surface area contributed by atoms with E-state index in [2.05, 4.69) is 0 Å². The number of rotatable bonds is 1. The molecule has 4 unspecified atom stereocenters. The van der Waals surface area contributed by atoms with Crippen LogP contribution in [0.5, 0.6) is 0 Å². The number of aliphatic imine (C=N–C) groups is 1. The van der Waals surface area contributed by atoms with Crippen molar-refractivity contribution in [3.63, 3.8) is 0 Å². The van der Waals surface area contributed by atoms with E-state index in [0.717, 1.165) is 38.1 Å². The molecule has 0 aromatic heterocycles. The van der Waals surface area contributed by atoms with E-state index < -0.39 is 0 Å². The molecule has 3 aliphatic heterocycles. The lowest BCUT2D eigenvalue weighted by atomic mass is 9.64. The molecule has 2 fully saturated rings. The van der Waals surface area contributed by atoms with E-state index >= 15 is 0 Å². The van der Waals surface area contributed by atoms with Crippen LogP contribution in [0.1, 0.15) is 26.2 Å². The Hall–Kier alpha value is -1.62. The van der Waals surface area contributed by atoms with Gasteiger partial charge in [0.05, 0.1) is 24.8 Å². The van der Waals surface area contributed by atoms with Gasteiger partial charge in [0.1, 0.15) is 11.7 Å². The van der Waals surface area contributed by atoms with Gasteiger partial charge in [-0.25, -0.2) is 0 Å². The van der Waals surface area contributed by atoms with E-state index in [-0.39, 0.29) is 17.7 Å². The summed E-state index contributed by atoms with van der Waals surface area (Å²) in [6, 6.07) is 0. The number of hydrogen-bond donors (Lipinski definition) is 0. The van der Waals surface area contributed by atoms with Crippen molar-refractivity contribution in [1.29, 1.82) is 0 Å². The van der Waals surface area contributed by atoms with E-state index in [1.165, 1.54) is 6.92 Å². The number of ether oxygens (including phenoxy) is 3. The third kappa shape index (κ3) is 2.10. The summed E-state index contributed by atoms with van der Waals surface area (Å²) in [5.41, 5.74) is 0.688. The summed E-state index contributed by atoms with van der Waals surface area (Å²) in [6.45, 7) is 2.96. The Balaban J connectivity index is 1.66. The van der Waals surface area contributed by atoms with Crippen LogP contribution >= 0.6 is 0 Å². The van der Waals surface area contributed by atoms with Crippen molar-refractivity contribution in [3.8, 4) is 0 Å². The van der Waals surface area contributed by atoms with Crippen LogP contribution in [0.2, 0.25) is 0 Å². The van der Waals surface area contributed by atoms with Crippen molar-refractivity contribution in [2.45, 2.75) is 37.9 Å². The second kappa shape index (κ2) is 5.23. The minimum Gasteiger partial charge on any atom is -0.473 e. The van der Waals surface area contributed by atoms with Gasteiger partial charge in [0, 0.05) is 31.2 Å². The molecule has 0 radical (unpaired) electrons. The van der Waals surface area contributed by atoms with E-state index in [1.54, 1.807) is 12.5 Å². The maximum atomic E-state index is 11.4. The molecule has 5 nitrogen and oxygen atoms in total. The fraction of sp³-hybridized carbons (Fsp3) is 0.647. The number of carbonyl (C=O) groups excluding carboxylic acids is 1. The van der Waals surface area contributed by atoms with Crippen molar-refractivity contribution in [1.82, 2.24) is 0 Å². The maximum Gasteiger partial charge on any atom is 0.303 e. The highest BCUT2D eigenvalue weighted by molar-refractivity contribution is 5.94. The molecule has 0 aromatic carbocycles. The van der Waals surface area contributed by atoms with Gasteiger partial charge in [-0.05, 0) is 31.4 Å².